The second kappa shape index (κ2) is 6.47. The van der Waals surface area contributed by atoms with Crippen LogP contribution >= 0.6 is 0 Å². The molecule has 2 aromatic rings. The van der Waals surface area contributed by atoms with Crippen LogP contribution in [0, 0.1) is 17.1 Å². The summed E-state index contributed by atoms with van der Waals surface area (Å²) >= 11 is 0. The van der Waals surface area contributed by atoms with E-state index in [1.165, 1.54) is 12.1 Å². The van der Waals surface area contributed by atoms with Crippen molar-refractivity contribution in [3.63, 3.8) is 0 Å². The number of aromatic nitrogens is 3. The van der Waals surface area contributed by atoms with Gasteiger partial charge in [-0.1, -0.05) is 13.8 Å². The molecule has 23 heavy (non-hydrogen) atoms. The molecule has 0 unspecified atom stereocenters. The molecule has 0 fully saturated rings. The van der Waals surface area contributed by atoms with E-state index in [0.717, 1.165) is 31.0 Å². The average molecular weight is 313 g/mol. The summed E-state index contributed by atoms with van der Waals surface area (Å²) in [5, 5.41) is 16.8. The van der Waals surface area contributed by atoms with E-state index in [1.807, 2.05) is 10.8 Å². The molecule has 0 radical (unpaired) electrons. The summed E-state index contributed by atoms with van der Waals surface area (Å²) in [5.74, 6) is 1.95. The van der Waals surface area contributed by atoms with E-state index in [1.54, 1.807) is 6.07 Å². The predicted molar refractivity (Wildman–Crippen MR) is 84.2 cm³/mol. The maximum atomic E-state index is 13.8. The highest BCUT2D eigenvalue weighted by molar-refractivity contribution is 5.33. The first-order chi connectivity index (χ1) is 11.1. The third kappa shape index (κ3) is 3.40. The van der Waals surface area contributed by atoms with Crippen LogP contribution in [-0.2, 0) is 19.5 Å². The Labute approximate surface area is 135 Å². The van der Waals surface area contributed by atoms with Crippen LogP contribution < -0.4 is 5.32 Å². The number of nitrogens with zero attached hydrogens (tertiary/aromatic N) is 4. The third-order valence-corrected chi connectivity index (χ3v) is 4.15. The van der Waals surface area contributed by atoms with Crippen LogP contribution in [0.5, 0.6) is 0 Å². The fraction of sp³-hybridized carbons (Fsp3) is 0.471. The number of nitrogens with one attached hydrogen (secondary N) is 1. The number of benzene rings is 1. The van der Waals surface area contributed by atoms with Crippen LogP contribution in [0.3, 0.4) is 0 Å². The molecule has 120 valence electrons. The highest BCUT2D eigenvalue weighted by atomic mass is 19.1. The van der Waals surface area contributed by atoms with E-state index in [9.17, 15) is 4.39 Å². The zero-order valence-corrected chi connectivity index (χ0v) is 13.4. The standard InChI is InChI=1S/C17H20FN5/c1-11(2)17-21-16-6-4-14(10-23(16)22-17)20-9-13-7-12(8-19)3-5-15(13)18/h3,5,7,11,14,20H,4,6,9-10H2,1-2H3/t14-/m0/s1. The first kappa shape index (κ1) is 15.6. The van der Waals surface area contributed by atoms with E-state index in [0.29, 0.717) is 23.6 Å². The average Bonchev–Trinajstić information content (AvgIpc) is 2.97. The van der Waals surface area contributed by atoms with E-state index in [2.05, 4.69) is 29.2 Å². The molecule has 6 heteroatoms. The van der Waals surface area contributed by atoms with Gasteiger partial charge in [-0.3, -0.25) is 0 Å². The molecule has 1 aliphatic heterocycles. The SMILES string of the molecule is CC(C)c1nc2n(n1)C[C@@H](NCc1cc(C#N)ccc1F)CC2. The Morgan fingerprint density at radius 1 is 1.48 bits per heavy atom. The zero-order chi connectivity index (χ0) is 16.4. The summed E-state index contributed by atoms with van der Waals surface area (Å²) in [5.41, 5.74) is 1.00. The summed E-state index contributed by atoms with van der Waals surface area (Å²) < 4.78 is 15.8. The molecule has 0 saturated heterocycles. The Morgan fingerprint density at radius 2 is 2.30 bits per heavy atom. The summed E-state index contributed by atoms with van der Waals surface area (Å²) in [4.78, 5) is 4.57. The number of hydrogen-bond acceptors (Lipinski definition) is 4. The number of rotatable bonds is 4. The molecule has 0 amide bonds. The van der Waals surface area contributed by atoms with E-state index in [-0.39, 0.29) is 11.9 Å². The summed E-state index contributed by atoms with van der Waals surface area (Å²) in [7, 11) is 0. The van der Waals surface area contributed by atoms with Gasteiger partial charge >= 0.3 is 0 Å². The number of aryl methyl sites for hydroxylation is 1. The zero-order valence-electron chi connectivity index (χ0n) is 13.4. The molecule has 0 bridgehead atoms. The lowest BCUT2D eigenvalue weighted by Crippen LogP contribution is -2.37. The lowest BCUT2D eigenvalue weighted by Gasteiger charge is -2.23. The Kier molecular flexibility index (Phi) is 4.39. The van der Waals surface area contributed by atoms with Gasteiger partial charge in [-0.05, 0) is 24.6 Å². The summed E-state index contributed by atoms with van der Waals surface area (Å²) in [6.45, 7) is 5.33. The number of nitriles is 1. The minimum Gasteiger partial charge on any atom is -0.308 e. The monoisotopic (exact) mass is 313 g/mol. The Balaban J connectivity index is 1.65. The quantitative estimate of drug-likeness (QED) is 0.942. The molecule has 1 aromatic heterocycles. The Hall–Kier alpha value is -2.26. The van der Waals surface area contributed by atoms with Crippen LogP contribution in [0.2, 0.25) is 0 Å². The van der Waals surface area contributed by atoms with Gasteiger partial charge in [0, 0.05) is 30.5 Å². The molecular formula is C17H20FN5. The summed E-state index contributed by atoms with van der Waals surface area (Å²) in [6, 6.07) is 6.72. The maximum absolute atomic E-state index is 13.8. The van der Waals surface area contributed by atoms with Gasteiger partial charge in [-0.25, -0.2) is 14.1 Å². The van der Waals surface area contributed by atoms with Crippen molar-refractivity contribution >= 4 is 0 Å². The topological polar surface area (TPSA) is 66.5 Å². The summed E-state index contributed by atoms with van der Waals surface area (Å²) in [6.07, 6.45) is 1.83. The lowest BCUT2D eigenvalue weighted by molar-refractivity contribution is 0.355. The molecule has 0 spiro atoms. The van der Waals surface area contributed by atoms with Crippen LogP contribution in [0.25, 0.3) is 0 Å². The molecule has 3 rings (SSSR count). The first-order valence-electron chi connectivity index (χ1n) is 7.92. The molecule has 1 N–H and O–H groups in total. The van der Waals surface area contributed by atoms with Crippen molar-refractivity contribution in [3.05, 3.63) is 46.8 Å². The second-order valence-electron chi connectivity index (χ2n) is 6.26. The highest BCUT2D eigenvalue weighted by Crippen LogP contribution is 2.18. The molecule has 2 heterocycles. The molecule has 1 aliphatic rings. The van der Waals surface area contributed by atoms with Crippen molar-refractivity contribution < 1.29 is 4.39 Å². The van der Waals surface area contributed by atoms with Gasteiger partial charge in [0.2, 0.25) is 0 Å². The highest BCUT2D eigenvalue weighted by Gasteiger charge is 2.22. The number of halogens is 1. The van der Waals surface area contributed by atoms with Crippen molar-refractivity contribution in [2.75, 3.05) is 0 Å². The third-order valence-electron chi connectivity index (χ3n) is 4.15. The molecule has 5 nitrogen and oxygen atoms in total. The Bertz CT molecular complexity index is 744. The maximum Gasteiger partial charge on any atom is 0.153 e. The van der Waals surface area contributed by atoms with Crippen molar-refractivity contribution in [1.82, 2.24) is 20.1 Å². The molecule has 1 atom stereocenters. The molecule has 1 aromatic carbocycles. The predicted octanol–water partition coefficient (Wildman–Crippen LogP) is 2.52. The van der Waals surface area contributed by atoms with Crippen molar-refractivity contribution in [1.29, 1.82) is 5.26 Å². The molecule has 0 saturated carbocycles. The van der Waals surface area contributed by atoms with Crippen LogP contribution in [-0.4, -0.2) is 20.8 Å². The minimum absolute atomic E-state index is 0.231. The van der Waals surface area contributed by atoms with Crippen LogP contribution in [0.4, 0.5) is 4.39 Å². The largest absolute Gasteiger partial charge is 0.308 e. The van der Waals surface area contributed by atoms with Gasteiger partial charge in [0.1, 0.15) is 11.6 Å². The van der Waals surface area contributed by atoms with Gasteiger partial charge in [-0.2, -0.15) is 10.4 Å². The van der Waals surface area contributed by atoms with Gasteiger partial charge in [0.15, 0.2) is 5.82 Å². The van der Waals surface area contributed by atoms with Gasteiger partial charge < -0.3 is 5.32 Å². The number of fused-ring (bicyclic) bond motifs is 1. The van der Waals surface area contributed by atoms with Crippen LogP contribution in [0.15, 0.2) is 18.2 Å². The fourth-order valence-corrected chi connectivity index (χ4v) is 2.77. The normalized spacial score (nSPS) is 17.1. The van der Waals surface area contributed by atoms with E-state index >= 15 is 0 Å². The van der Waals surface area contributed by atoms with Gasteiger partial charge in [0.05, 0.1) is 18.2 Å². The second-order valence-corrected chi connectivity index (χ2v) is 6.26. The van der Waals surface area contributed by atoms with Gasteiger partial charge in [-0.15, -0.1) is 0 Å². The molecular weight excluding hydrogens is 293 g/mol. The first-order valence-corrected chi connectivity index (χ1v) is 7.92. The minimum atomic E-state index is -0.282. The number of hydrogen-bond donors (Lipinski definition) is 1. The van der Waals surface area contributed by atoms with Crippen molar-refractivity contribution in [2.45, 2.75) is 51.7 Å². The van der Waals surface area contributed by atoms with Crippen LogP contribution in [0.1, 0.15) is 49.0 Å². The van der Waals surface area contributed by atoms with E-state index in [4.69, 9.17) is 5.26 Å². The van der Waals surface area contributed by atoms with Gasteiger partial charge in [0.25, 0.3) is 0 Å². The van der Waals surface area contributed by atoms with Crippen molar-refractivity contribution in [3.8, 4) is 6.07 Å². The Morgan fingerprint density at radius 3 is 3.04 bits per heavy atom. The molecule has 0 aliphatic carbocycles. The fourth-order valence-electron chi connectivity index (χ4n) is 2.77. The van der Waals surface area contributed by atoms with Crippen molar-refractivity contribution in [2.24, 2.45) is 0 Å². The van der Waals surface area contributed by atoms with E-state index < -0.39 is 0 Å². The smallest absolute Gasteiger partial charge is 0.153 e. The lowest BCUT2D eigenvalue weighted by atomic mass is 10.1.